The van der Waals surface area contributed by atoms with Gasteiger partial charge in [-0.2, -0.15) is 4.72 Å². The van der Waals surface area contributed by atoms with Crippen LogP contribution in [-0.4, -0.2) is 20.4 Å². The van der Waals surface area contributed by atoms with Crippen LogP contribution in [0, 0.1) is 11.7 Å². The van der Waals surface area contributed by atoms with Gasteiger partial charge in [0.1, 0.15) is 11.9 Å². The molecule has 0 spiro atoms. The summed E-state index contributed by atoms with van der Waals surface area (Å²) in [4.78, 5) is 12.5. The molecule has 0 fully saturated rings. The summed E-state index contributed by atoms with van der Waals surface area (Å²) in [7, 11) is -3.83. The Labute approximate surface area is 141 Å². The average molecular weight is 350 g/mol. The average Bonchev–Trinajstić information content (AvgIpc) is 2.53. The van der Waals surface area contributed by atoms with Crippen LogP contribution in [0.3, 0.4) is 0 Å². The first kappa shape index (κ1) is 18.1. The quantitative estimate of drug-likeness (QED) is 0.841. The van der Waals surface area contributed by atoms with Crippen molar-refractivity contribution < 1.29 is 17.6 Å². The van der Waals surface area contributed by atoms with Crippen LogP contribution in [0.1, 0.15) is 13.8 Å². The zero-order valence-electron chi connectivity index (χ0n) is 13.4. The Balaban J connectivity index is 2.19. The Hall–Kier alpha value is -2.25. The molecule has 0 aliphatic carbocycles. The third-order valence-corrected chi connectivity index (χ3v) is 4.83. The summed E-state index contributed by atoms with van der Waals surface area (Å²) < 4.78 is 40.4. The molecule has 0 aliphatic heterocycles. The number of carbonyl (C=O) groups is 1. The van der Waals surface area contributed by atoms with E-state index >= 15 is 0 Å². The van der Waals surface area contributed by atoms with E-state index in [4.69, 9.17) is 0 Å². The van der Waals surface area contributed by atoms with E-state index in [1.54, 1.807) is 32.0 Å². The molecule has 0 bridgehead atoms. The third-order valence-electron chi connectivity index (χ3n) is 3.38. The smallest absolute Gasteiger partial charge is 0.242 e. The minimum atomic E-state index is -3.83. The van der Waals surface area contributed by atoms with Crippen molar-refractivity contribution in [2.45, 2.75) is 24.8 Å². The molecule has 2 aromatic rings. The maximum atomic E-state index is 13.2. The molecule has 0 saturated heterocycles. The number of hydrogen-bond donors (Lipinski definition) is 2. The number of nitrogens with one attached hydrogen (secondary N) is 2. The fourth-order valence-electron chi connectivity index (χ4n) is 2.11. The van der Waals surface area contributed by atoms with Crippen molar-refractivity contribution in [3.63, 3.8) is 0 Å². The highest BCUT2D eigenvalue weighted by molar-refractivity contribution is 7.89. The van der Waals surface area contributed by atoms with Crippen molar-refractivity contribution >= 4 is 21.6 Å². The maximum Gasteiger partial charge on any atom is 0.242 e. The van der Waals surface area contributed by atoms with Crippen LogP contribution < -0.4 is 10.0 Å². The Morgan fingerprint density at radius 1 is 1.04 bits per heavy atom. The van der Waals surface area contributed by atoms with Crippen molar-refractivity contribution in [1.82, 2.24) is 4.72 Å². The van der Waals surface area contributed by atoms with Crippen molar-refractivity contribution in [3.8, 4) is 0 Å². The molecule has 0 radical (unpaired) electrons. The van der Waals surface area contributed by atoms with Crippen LogP contribution in [0.2, 0.25) is 0 Å². The third kappa shape index (κ3) is 4.62. The Bertz CT molecular complexity index is 808. The molecule has 0 unspecified atom stereocenters. The van der Waals surface area contributed by atoms with Gasteiger partial charge in [-0.05, 0) is 36.2 Å². The van der Waals surface area contributed by atoms with Gasteiger partial charge < -0.3 is 5.32 Å². The lowest BCUT2D eigenvalue weighted by Gasteiger charge is -2.21. The molecule has 128 valence electrons. The Morgan fingerprint density at radius 2 is 1.71 bits per heavy atom. The van der Waals surface area contributed by atoms with E-state index in [0.717, 1.165) is 0 Å². The molecule has 1 atom stereocenters. The molecule has 2 aromatic carbocycles. The highest BCUT2D eigenvalue weighted by Crippen LogP contribution is 2.14. The van der Waals surface area contributed by atoms with E-state index in [2.05, 4.69) is 10.0 Å². The van der Waals surface area contributed by atoms with Gasteiger partial charge in [-0.3, -0.25) is 4.79 Å². The summed E-state index contributed by atoms with van der Waals surface area (Å²) in [6.45, 7) is 3.45. The number of hydrogen-bond acceptors (Lipinski definition) is 3. The first-order valence-corrected chi connectivity index (χ1v) is 8.92. The molecule has 5 nitrogen and oxygen atoms in total. The van der Waals surface area contributed by atoms with Crippen molar-refractivity contribution in [1.29, 1.82) is 0 Å². The first-order chi connectivity index (χ1) is 11.3. The summed E-state index contributed by atoms with van der Waals surface area (Å²) in [5, 5.41) is 2.53. The second kappa shape index (κ2) is 7.55. The topological polar surface area (TPSA) is 75.3 Å². The Kier molecular flexibility index (Phi) is 5.69. The van der Waals surface area contributed by atoms with Crippen molar-refractivity contribution in [3.05, 3.63) is 60.4 Å². The standard InChI is InChI=1S/C17H19FN2O3S/c1-12(2)16(17(21)19-14-8-6-7-13(18)11-14)20-24(22,23)15-9-4-3-5-10-15/h3-12,16,20H,1-2H3,(H,19,21)/t16-/m1/s1. The molecule has 0 heterocycles. The minimum Gasteiger partial charge on any atom is -0.325 e. The van der Waals surface area contributed by atoms with Gasteiger partial charge in [0.2, 0.25) is 15.9 Å². The van der Waals surface area contributed by atoms with Crippen LogP contribution in [0.5, 0.6) is 0 Å². The van der Waals surface area contributed by atoms with E-state index in [0.29, 0.717) is 0 Å². The molecule has 0 aromatic heterocycles. The first-order valence-electron chi connectivity index (χ1n) is 7.43. The molecule has 1 amide bonds. The van der Waals surface area contributed by atoms with Gasteiger partial charge in [0, 0.05) is 5.69 Å². The van der Waals surface area contributed by atoms with E-state index in [1.807, 2.05) is 0 Å². The predicted octanol–water partition coefficient (Wildman–Crippen LogP) is 2.77. The summed E-state index contributed by atoms with van der Waals surface area (Å²) >= 11 is 0. The van der Waals surface area contributed by atoms with Gasteiger partial charge in [-0.25, -0.2) is 12.8 Å². The molecule has 7 heteroatoms. The number of amides is 1. The highest BCUT2D eigenvalue weighted by Gasteiger charge is 2.28. The SMILES string of the molecule is CC(C)[C@@H](NS(=O)(=O)c1ccccc1)C(=O)Nc1cccc(F)c1. The second-order valence-electron chi connectivity index (χ2n) is 5.66. The van der Waals surface area contributed by atoms with Gasteiger partial charge in [0.05, 0.1) is 4.90 Å². The van der Waals surface area contributed by atoms with Gasteiger partial charge in [0.25, 0.3) is 0 Å². The number of anilines is 1. The van der Waals surface area contributed by atoms with Crippen LogP contribution in [-0.2, 0) is 14.8 Å². The lowest BCUT2D eigenvalue weighted by Crippen LogP contribution is -2.47. The van der Waals surface area contributed by atoms with Gasteiger partial charge in [0.15, 0.2) is 0 Å². The van der Waals surface area contributed by atoms with E-state index in [-0.39, 0.29) is 16.5 Å². The maximum absolute atomic E-state index is 13.2. The van der Waals surface area contributed by atoms with Gasteiger partial charge in [-0.1, -0.05) is 38.1 Å². The lowest BCUT2D eigenvalue weighted by atomic mass is 10.0. The number of halogens is 1. The molecule has 2 rings (SSSR count). The predicted molar refractivity (Wildman–Crippen MR) is 90.4 cm³/mol. The van der Waals surface area contributed by atoms with E-state index in [9.17, 15) is 17.6 Å². The summed E-state index contributed by atoms with van der Waals surface area (Å²) in [5.41, 5.74) is 0.268. The molecular formula is C17H19FN2O3S. The number of carbonyl (C=O) groups excluding carboxylic acids is 1. The minimum absolute atomic E-state index is 0.0780. The molecular weight excluding hydrogens is 331 g/mol. The molecule has 0 aliphatic rings. The summed E-state index contributed by atoms with van der Waals surface area (Å²) in [5.74, 6) is -1.33. The fraction of sp³-hybridized carbons (Fsp3) is 0.235. The van der Waals surface area contributed by atoms with E-state index < -0.39 is 27.8 Å². The normalized spacial score (nSPS) is 12.8. The van der Waals surface area contributed by atoms with Crippen molar-refractivity contribution in [2.75, 3.05) is 5.32 Å². The van der Waals surface area contributed by atoms with Crippen LogP contribution in [0.15, 0.2) is 59.5 Å². The summed E-state index contributed by atoms with van der Waals surface area (Å²) in [6.07, 6.45) is 0. The van der Waals surface area contributed by atoms with Gasteiger partial charge >= 0.3 is 0 Å². The number of benzene rings is 2. The fourth-order valence-corrected chi connectivity index (χ4v) is 3.48. The number of rotatable bonds is 6. The zero-order valence-corrected chi connectivity index (χ0v) is 14.2. The molecule has 0 saturated carbocycles. The van der Waals surface area contributed by atoms with Crippen molar-refractivity contribution in [2.24, 2.45) is 5.92 Å². The highest BCUT2D eigenvalue weighted by atomic mass is 32.2. The second-order valence-corrected chi connectivity index (χ2v) is 7.37. The molecule has 24 heavy (non-hydrogen) atoms. The monoisotopic (exact) mass is 350 g/mol. The zero-order chi connectivity index (χ0) is 17.7. The van der Waals surface area contributed by atoms with Crippen LogP contribution in [0.4, 0.5) is 10.1 Å². The molecule has 2 N–H and O–H groups in total. The Morgan fingerprint density at radius 3 is 2.29 bits per heavy atom. The van der Waals surface area contributed by atoms with Crippen LogP contribution >= 0.6 is 0 Å². The lowest BCUT2D eigenvalue weighted by molar-refractivity contribution is -0.118. The van der Waals surface area contributed by atoms with Crippen LogP contribution in [0.25, 0.3) is 0 Å². The van der Waals surface area contributed by atoms with E-state index in [1.165, 1.54) is 36.4 Å². The largest absolute Gasteiger partial charge is 0.325 e. The number of sulfonamides is 1. The summed E-state index contributed by atoms with van der Waals surface area (Å²) in [6, 6.07) is 12.2. The van der Waals surface area contributed by atoms with Gasteiger partial charge in [-0.15, -0.1) is 0 Å².